The van der Waals surface area contributed by atoms with E-state index < -0.39 is 11.0 Å². The highest BCUT2D eigenvalue weighted by molar-refractivity contribution is 6.08. The van der Waals surface area contributed by atoms with Gasteiger partial charge in [-0.05, 0) is 60.8 Å². The first-order valence-corrected chi connectivity index (χ1v) is 11.4. The Labute approximate surface area is 183 Å². The van der Waals surface area contributed by atoms with Crippen LogP contribution in [-0.2, 0) is 26.2 Å². The van der Waals surface area contributed by atoms with Crippen LogP contribution in [-0.4, -0.2) is 49.7 Å². The molecule has 1 amide bonds. The molecule has 6 atom stereocenters. The Hall–Kier alpha value is -1.99. The first-order valence-electron chi connectivity index (χ1n) is 11.4. The van der Waals surface area contributed by atoms with E-state index in [4.69, 9.17) is 20.2 Å². The molecule has 168 valence electrons. The zero-order valence-corrected chi connectivity index (χ0v) is 18.6. The van der Waals surface area contributed by atoms with Gasteiger partial charge in [0.2, 0.25) is 0 Å². The lowest BCUT2D eigenvalue weighted by molar-refractivity contribution is -0.142. The largest absolute Gasteiger partial charge is 0.381 e. The standard InChI is InChI=1S/C24H32FN3O3/c1-14-9-23(10-15(2)20(14)30-3)11-17-4-5-18(25)8-19(17)24(23)21(29)28(22(26)27-24)12-16-6-7-31-13-16/h4-5,8,14-16,20H,6-7,9-13H2,1-3H3,(H2,26,27)/t14-,15+,16-,20+,23+,24+/m0/s1. The van der Waals surface area contributed by atoms with Crippen molar-refractivity contribution >= 4 is 11.9 Å². The predicted octanol–water partition coefficient (Wildman–Crippen LogP) is 2.84. The van der Waals surface area contributed by atoms with E-state index in [1.54, 1.807) is 12.0 Å². The molecule has 2 aliphatic carbocycles. The molecule has 1 aromatic rings. The van der Waals surface area contributed by atoms with E-state index in [0.717, 1.165) is 24.8 Å². The molecule has 1 saturated heterocycles. The zero-order valence-electron chi connectivity index (χ0n) is 18.6. The van der Waals surface area contributed by atoms with E-state index in [-0.39, 0.29) is 41.5 Å². The van der Waals surface area contributed by atoms with Crippen LogP contribution in [0.4, 0.5) is 4.39 Å². The number of nitrogens with two attached hydrogens (primary N) is 1. The van der Waals surface area contributed by atoms with Crippen molar-refractivity contribution in [3.05, 3.63) is 35.1 Å². The van der Waals surface area contributed by atoms with E-state index in [9.17, 15) is 9.18 Å². The summed E-state index contributed by atoms with van der Waals surface area (Å²) in [5, 5.41) is 0. The minimum absolute atomic E-state index is 0.100. The van der Waals surface area contributed by atoms with Crippen LogP contribution in [0.25, 0.3) is 0 Å². The van der Waals surface area contributed by atoms with Crippen molar-refractivity contribution in [2.24, 2.45) is 33.9 Å². The molecule has 1 aromatic carbocycles. The van der Waals surface area contributed by atoms with Crippen molar-refractivity contribution in [1.29, 1.82) is 0 Å². The van der Waals surface area contributed by atoms with Crippen molar-refractivity contribution < 1.29 is 18.7 Å². The van der Waals surface area contributed by atoms with Crippen LogP contribution in [0.1, 0.15) is 44.2 Å². The molecule has 0 aromatic heterocycles. The predicted molar refractivity (Wildman–Crippen MR) is 115 cm³/mol. The Morgan fingerprint density at radius 1 is 1.32 bits per heavy atom. The van der Waals surface area contributed by atoms with Crippen molar-refractivity contribution in [2.45, 2.75) is 51.2 Å². The normalized spacial score (nSPS) is 39.5. The van der Waals surface area contributed by atoms with Crippen molar-refractivity contribution in [1.82, 2.24) is 4.90 Å². The lowest BCUT2D eigenvalue weighted by atomic mass is 9.56. The Bertz CT molecular complexity index is 917. The molecule has 4 aliphatic rings. The number of amides is 1. The van der Waals surface area contributed by atoms with Crippen LogP contribution >= 0.6 is 0 Å². The number of guanidine groups is 1. The fourth-order valence-electron chi connectivity index (χ4n) is 7.09. The van der Waals surface area contributed by atoms with Crippen LogP contribution < -0.4 is 5.73 Å². The van der Waals surface area contributed by atoms with Crippen LogP contribution in [0.2, 0.25) is 0 Å². The molecular formula is C24H32FN3O3. The third kappa shape index (κ3) is 2.89. The molecule has 1 saturated carbocycles. The number of aliphatic imine (C=N–C) groups is 1. The van der Waals surface area contributed by atoms with Gasteiger partial charge in [0, 0.05) is 31.6 Å². The highest BCUT2D eigenvalue weighted by Crippen LogP contribution is 2.63. The van der Waals surface area contributed by atoms with Gasteiger partial charge in [-0.15, -0.1) is 0 Å². The number of hydrogen-bond donors (Lipinski definition) is 1. The third-order valence-electron chi connectivity index (χ3n) is 8.16. The molecule has 5 rings (SSSR count). The molecule has 2 fully saturated rings. The number of methoxy groups -OCH3 is 1. The van der Waals surface area contributed by atoms with Gasteiger partial charge in [-0.1, -0.05) is 19.9 Å². The van der Waals surface area contributed by atoms with Gasteiger partial charge in [-0.25, -0.2) is 9.38 Å². The maximum Gasteiger partial charge on any atom is 0.262 e. The summed E-state index contributed by atoms with van der Waals surface area (Å²) in [6.45, 7) is 6.21. The maximum absolute atomic E-state index is 14.4. The molecule has 0 unspecified atom stereocenters. The number of halogens is 1. The molecule has 31 heavy (non-hydrogen) atoms. The second kappa shape index (κ2) is 7.27. The third-order valence-corrected chi connectivity index (χ3v) is 8.16. The number of nitrogens with zero attached hydrogens (tertiary/aromatic N) is 2. The molecule has 7 heteroatoms. The summed E-state index contributed by atoms with van der Waals surface area (Å²) in [6, 6.07) is 4.82. The number of carbonyl (C=O) groups is 1. The molecule has 6 nitrogen and oxygen atoms in total. The van der Waals surface area contributed by atoms with Gasteiger partial charge in [-0.2, -0.15) is 0 Å². The van der Waals surface area contributed by atoms with Crippen LogP contribution in [0.5, 0.6) is 0 Å². The average Bonchev–Trinajstić information content (AvgIpc) is 3.37. The molecular weight excluding hydrogens is 397 g/mol. The Kier molecular flexibility index (Phi) is 4.90. The Morgan fingerprint density at radius 2 is 2.06 bits per heavy atom. The van der Waals surface area contributed by atoms with Crippen molar-refractivity contribution in [3.63, 3.8) is 0 Å². The molecule has 2 spiro atoms. The summed E-state index contributed by atoms with van der Waals surface area (Å²) in [5.41, 5.74) is 6.52. The Balaban J connectivity index is 1.61. The summed E-state index contributed by atoms with van der Waals surface area (Å²) >= 11 is 0. The van der Waals surface area contributed by atoms with Gasteiger partial charge in [0.25, 0.3) is 5.91 Å². The van der Waals surface area contributed by atoms with Gasteiger partial charge >= 0.3 is 0 Å². The number of carbonyl (C=O) groups excluding carboxylic acids is 1. The maximum atomic E-state index is 14.4. The molecule has 2 N–H and O–H groups in total. The lowest BCUT2D eigenvalue weighted by Gasteiger charge is -2.50. The van der Waals surface area contributed by atoms with Crippen LogP contribution in [0.3, 0.4) is 0 Å². The topological polar surface area (TPSA) is 77.2 Å². The number of fused-ring (bicyclic) bond motifs is 3. The van der Waals surface area contributed by atoms with Gasteiger partial charge in [-0.3, -0.25) is 9.69 Å². The summed E-state index contributed by atoms with van der Waals surface area (Å²) in [7, 11) is 1.76. The smallest absolute Gasteiger partial charge is 0.262 e. The highest BCUT2D eigenvalue weighted by atomic mass is 19.1. The van der Waals surface area contributed by atoms with Crippen molar-refractivity contribution in [3.8, 4) is 0 Å². The van der Waals surface area contributed by atoms with E-state index >= 15 is 0 Å². The fourth-order valence-corrected chi connectivity index (χ4v) is 7.09. The van der Waals surface area contributed by atoms with E-state index in [0.29, 0.717) is 31.7 Å². The number of rotatable bonds is 3. The fraction of sp³-hybridized carbons (Fsp3) is 0.667. The average molecular weight is 430 g/mol. The molecule has 0 radical (unpaired) electrons. The van der Waals surface area contributed by atoms with E-state index in [1.165, 1.54) is 12.1 Å². The summed E-state index contributed by atoms with van der Waals surface area (Å²) in [4.78, 5) is 20.7. The lowest BCUT2D eigenvalue weighted by Crippen LogP contribution is -2.55. The second-order valence-electron chi connectivity index (χ2n) is 10.1. The Morgan fingerprint density at radius 3 is 2.71 bits per heavy atom. The molecule has 2 aliphatic heterocycles. The van der Waals surface area contributed by atoms with Crippen LogP contribution in [0, 0.1) is 29.0 Å². The first kappa shape index (κ1) is 20.9. The SMILES string of the molecule is CO[C@H]1[C@H](C)C[C@@]2(Cc3ccc(F)cc3[C@]23N=C(N)N(C[C@@H]2CCOC2)C3=O)C[C@@H]1C. The van der Waals surface area contributed by atoms with E-state index in [2.05, 4.69) is 13.8 Å². The zero-order chi connectivity index (χ0) is 22.0. The van der Waals surface area contributed by atoms with E-state index in [1.807, 2.05) is 6.07 Å². The molecule has 0 bridgehead atoms. The second-order valence-corrected chi connectivity index (χ2v) is 10.1. The van der Waals surface area contributed by atoms with Gasteiger partial charge in [0.15, 0.2) is 11.5 Å². The monoisotopic (exact) mass is 429 g/mol. The molecule has 2 heterocycles. The van der Waals surface area contributed by atoms with Gasteiger partial charge in [0.05, 0.1) is 12.7 Å². The van der Waals surface area contributed by atoms with Crippen molar-refractivity contribution in [2.75, 3.05) is 26.9 Å². The summed E-state index contributed by atoms with van der Waals surface area (Å²) in [6.07, 6.45) is 3.32. The minimum Gasteiger partial charge on any atom is -0.381 e. The first-order chi connectivity index (χ1) is 14.8. The number of hydrogen-bond acceptors (Lipinski definition) is 5. The minimum atomic E-state index is -1.16. The van der Waals surface area contributed by atoms with Gasteiger partial charge in [0.1, 0.15) is 5.82 Å². The quantitative estimate of drug-likeness (QED) is 0.802. The van der Waals surface area contributed by atoms with Crippen LogP contribution in [0.15, 0.2) is 23.2 Å². The number of benzene rings is 1. The highest BCUT2D eigenvalue weighted by Gasteiger charge is 2.68. The number of ether oxygens (including phenoxy) is 2. The summed E-state index contributed by atoms with van der Waals surface area (Å²) < 4.78 is 25.7. The summed E-state index contributed by atoms with van der Waals surface area (Å²) in [5.74, 6) is 0.571. The van der Waals surface area contributed by atoms with Gasteiger partial charge < -0.3 is 15.2 Å².